The van der Waals surface area contributed by atoms with Gasteiger partial charge in [0.05, 0.1) is 29.7 Å². The van der Waals surface area contributed by atoms with Gasteiger partial charge in [0, 0.05) is 17.8 Å². The molecule has 0 atom stereocenters. The van der Waals surface area contributed by atoms with Gasteiger partial charge in [-0.05, 0) is 41.0 Å². The summed E-state index contributed by atoms with van der Waals surface area (Å²) in [5.74, 6) is 0.814. The predicted octanol–water partition coefficient (Wildman–Crippen LogP) is 6.00. The number of benzene rings is 3. The van der Waals surface area contributed by atoms with Gasteiger partial charge in [-0.2, -0.15) is 4.99 Å². The number of rotatable bonds is 9. The molecular weight excluding hydrogens is 526 g/mol. The molecule has 9 heteroatoms. The van der Waals surface area contributed by atoms with E-state index in [4.69, 9.17) is 9.84 Å². The van der Waals surface area contributed by atoms with Crippen LogP contribution in [0.3, 0.4) is 0 Å². The van der Waals surface area contributed by atoms with Crippen LogP contribution in [0, 0.1) is 0 Å². The zero-order chi connectivity index (χ0) is 28.8. The number of hydrogen-bond donors (Lipinski definition) is 0. The van der Waals surface area contributed by atoms with E-state index in [-0.39, 0.29) is 0 Å². The van der Waals surface area contributed by atoms with Gasteiger partial charge in [0.1, 0.15) is 0 Å². The third kappa shape index (κ3) is 4.85. The van der Waals surface area contributed by atoms with Crippen LogP contribution in [-0.4, -0.2) is 42.9 Å². The highest BCUT2D eigenvalue weighted by Crippen LogP contribution is 2.40. The van der Waals surface area contributed by atoms with Crippen molar-refractivity contribution in [3.05, 3.63) is 138 Å². The molecule has 0 amide bonds. The van der Waals surface area contributed by atoms with Crippen molar-refractivity contribution in [2.45, 2.75) is 12.5 Å². The van der Waals surface area contributed by atoms with Gasteiger partial charge in [-0.1, -0.05) is 91.0 Å². The second-order valence-electron chi connectivity index (χ2n) is 9.32. The van der Waals surface area contributed by atoms with Gasteiger partial charge >= 0.3 is 0 Å². The van der Waals surface area contributed by atoms with E-state index in [1.807, 2.05) is 67.6 Å². The summed E-state index contributed by atoms with van der Waals surface area (Å²) >= 11 is 0. The first-order chi connectivity index (χ1) is 20.7. The standard InChI is InChI=1S/C33H25N7O2/c1-2-42-30-19-18-24(21-34-30)31-29(20-28(22-35-31)36-23-41)32-37-39-40(38-32)33(25-12-6-3-7-13-25,26-14-8-4-9-15-26)27-16-10-5-11-17-27/h3-22H,2H2,1H3. The summed E-state index contributed by atoms with van der Waals surface area (Å²) in [5, 5.41) is 14.2. The van der Waals surface area contributed by atoms with Crippen LogP contribution in [0.5, 0.6) is 5.88 Å². The SMILES string of the molecule is CCOc1ccc(-c2ncc(N=C=O)cc2-c2nnn(C(c3ccccc3)(c3ccccc3)c3ccccc3)n2)cn1. The van der Waals surface area contributed by atoms with E-state index in [2.05, 4.69) is 61.7 Å². The van der Waals surface area contributed by atoms with Gasteiger partial charge in [0.2, 0.25) is 17.8 Å². The molecule has 204 valence electrons. The van der Waals surface area contributed by atoms with Crippen molar-refractivity contribution in [2.24, 2.45) is 4.99 Å². The first-order valence-corrected chi connectivity index (χ1v) is 13.4. The van der Waals surface area contributed by atoms with Crippen molar-refractivity contribution >= 4 is 11.8 Å². The van der Waals surface area contributed by atoms with Crippen molar-refractivity contribution in [3.63, 3.8) is 0 Å². The minimum atomic E-state index is -0.943. The van der Waals surface area contributed by atoms with Gasteiger partial charge in [-0.3, -0.25) is 4.98 Å². The fraction of sp³-hybridized carbons (Fsp3) is 0.0909. The predicted molar refractivity (Wildman–Crippen MR) is 158 cm³/mol. The van der Waals surface area contributed by atoms with E-state index in [1.54, 1.807) is 29.2 Å². The smallest absolute Gasteiger partial charge is 0.240 e. The Bertz CT molecular complexity index is 1740. The third-order valence-corrected chi connectivity index (χ3v) is 6.88. The number of pyridine rings is 2. The summed E-state index contributed by atoms with van der Waals surface area (Å²) in [5.41, 5.74) is 4.05. The van der Waals surface area contributed by atoms with Crippen LogP contribution in [0.25, 0.3) is 22.6 Å². The summed E-state index contributed by atoms with van der Waals surface area (Å²) in [6.45, 7) is 2.41. The van der Waals surface area contributed by atoms with Crippen LogP contribution >= 0.6 is 0 Å². The molecule has 3 heterocycles. The Hall–Kier alpha value is -5.79. The van der Waals surface area contributed by atoms with Crippen LogP contribution < -0.4 is 4.74 Å². The summed E-state index contributed by atoms with van der Waals surface area (Å²) in [7, 11) is 0. The number of nitrogens with zero attached hydrogens (tertiary/aromatic N) is 7. The number of ether oxygens (including phenoxy) is 1. The first-order valence-electron chi connectivity index (χ1n) is 13.4. The van der Waals surface area contributed by atoms with E-state index in [0.717, 1.165) is 16.7 Å². The fourth-order valence-corrected chi connectivity index (χ4v) is 5.07. The minimum absolute atomic E-state index is 0.307. The van der Waals surface area contributed by atoms with Crippen LogP contribution in [0.15, 0.2) is 127 Å². The first kappa shape index (κ1) is 26.4. The van der Waals surface area contributed by atoms with Crippen LogP contribution in [0.4, 0.5) is 5.69 Å². The Morgan fingerprint density at radius 2 is 1.43 bits per heavy atom. The van der Waals surface area contributed by atoms with Crippen molar-refractivity contribution in [3.8, 4) is 28.5 Å². The van der Waals surface area contributed by atoms with E-state index in [1.165, 1.54) is 6.20 Å². The molecule has 0 aliphatic carbocycles. The van der Waals surface area contributed by atoms with Crippen molar-refractivity contribution in [1.29, 1.82) is 0 Å². The second-order valence-corrected chi connectivity index (χ2v) is 9.32. The van der Waals surface area contributed by atoms with Gasteiger partial charge in [-0.15, -0.1) is 15.0 Å². The summed E-state index contributed by atoms with van der Waals surface area (Å²) in [6, 6.07) is 35.6. The number of carbonyl (C=O) groups excluding carboxylic acids is 1. The van der Waals surface area contributed by atoms with Crippen molar-refractivity contribution < 1.29 is 9.53 Å². The summed E-state index contributed by atoms with van der Waals surface area (Å²) in [6.07, 6.45) is 4.75. The van der Waals surface area contributed by atoms with Crippen molar-refractivity contribution in [2.75, 3.05) is 6.61 Å². The Labute approximate surface area is 242 Å². The highest BCUT2D eigenvalue weighted by atomic mass is 16.5. The molecule has 0 saturated heterocycles. The van der Waals surface area contributed by atoms with Gasteiger partial charge in [0.15, 0.2) is 5.54 Å². The molecule has 0 aliphatic heterocycles. The van der Waals surface area contributed by atoms with E-state index >= 15 is 0 Å². The lowest BCUT2D eigenvalue weighted by atomic mass is 9.77. The molecule has 0 radical (unpaired) electrons. The van der Waals surface area contributed by atoms with Crippen molar-refractivity contribution in [1.82, 2.24) is 30.2 Å². The average molecular weight is 552 g/mol. The molecule has 0 N–H and O–H groups in total. The maximum Gasteiger partial charge on any atom is 0.240 e. The largest absolute Gasteiger partial charge is 0.478 e. The van der Waals surface area contributed by atoms with E-state index in [9.17, 15) is 4.79 Å². The van der Waals surface area contributed by atoms with E-state index in [0.29, 0.717) is 40.8 Å². The number of tetrazole rings is 1. The number of aliphatic imine (C=N–C) groups is 1. The molecule has 6 rings (SSSR count). The molecule has 0 unspecified atom stereocenters. The lowest BCUT2D eigenvalue weighted by Gasteiger charge is -2.34. The quantitative estimate of drug-likeness (QED) is 0.123. The Morgan fingerprint density at radius 3 is 1.95 bits per heavy atom. The fourth-order valence-electron chi connectivity index (χ4n) is 5.07. The van der Waals surface area contributed by atoms with Crippen LogP contribution in [0.2, 0.25) is 0 Å². The third-order valence-electron chi connectivity index (χ3n) is 6.88. The normalized spacial score (nSPS) is 11.1. The molecule has 0 spiro atoms. The highest BCUT2D eigenvalue weighted by Gasteiger charge is 2.41. The Kier molecular flexibility index (Phi) is 7.40. The molecule has 6 aromatic rings. The van der Waals surface area contributed by atoms with Gasteiger partial charge in [0.25, 0.3) is 0 Å². The Balaban J connectivity index is 1.58. The highest BCUT2D eigenvalue weighted by molar-refractivity contribution is 5.79. The van der Waals surface area contributed by atoms with Gasteiger partial charge < -0.3 is 4.74 Å². The average Bonchev–Trinajstić information content (AvgIpc) is 3.54. The molecule has 0 saturated carbocycles. The zero-order valence-electron chi connectivity index (χ0n) is 22.7. The summed E-state index contributed by atoms with van der Waals surface area (Å²) < 4.78 is 5.50. The van der Waals surface area contributed by atoms with Gasteiger partial charge in [-0.25, -0.2) is 9.78 Å². The monoisotopic (exact) mass is 551 g/mol. The number of aromatic nitrogens is 6. The summed E-state index contributed by atoms with van der Waals surface area (Å²) in [4.78, 5) is 25.5. The molecule has 0 fully saturated rings. The van der Waals surface area contributed by atoms with Crippen LogP contribution in [0.1, 0.15) is 23.6 Å². The molecule has 0 bridgehead atoms. The van der Waals surface area contributed by atoms with Crippen LogP contribution in [-0.2, 0) is 10.3 Å². The maximum atomic E-state index is 11.1. The molecule has 3 aromatic carbocycles. The second kappa shape index (κ2) is 11.8. The lowest BCUT2D eigenvalue weighted by molar-refractivity contribution is 0.327. The molecule has 0 aliphatic rings. The minimum Gasteiger partial charge on any atom is -0.478 e. The van der Waals surface area contributed by atoms with E-state index < -0.39 is 5.54 Å². The number of hydrogen-bond acceptors (Lipinski definition) is 8. The topological polar surface area (TPSA) is 108 Å². The molecule has 9 nitrogen and oxygen atoms in total. The lowest BCUT2D eigenvalue weighted by Crippen LogP contribution is -2.39. The molecule has 42 heavy (non-hydrogen) atoms. The molecule has 3 aromatic heterocycles. The maximum absolute atomic E-state index is 11.1. The zero-order valence-corrected chi connectivity index (χ0v) is 22.7. The molecular formula is C33H25N7O2. The Morgan fingerprint density at radius 1 is 0.810 bits per heavy atom. The number of isocyanates is 1.